The number of nitro groups is 1. The van der Waals surface area contributed by atoms with Gasteiger partial charge in [0.1, 0.15) is 12.4 Å². The zero-order valence-corrected chi connectivity index (χ0v) is 26.5. The molecule has 0 radical (unpaired) electrons. The first kappa shape index (κ1) is 28.9. The highest BCUT2D eigenvalue weighted by Gasteiger charge is 2.24. The Kier molecular flexibility index (Phi) is 9.04. The molecule has 12 heteroatoms. The van der Waals surface area contributed by atoms with Crippen LogP contribution in [0.15, 0.2) is 71.8 Å². The summed E-state index contributed by atoms with van der Waals surface area (Å²) < 4.78 is 9.55. The Hall–Kier alpha value is -2.60. The summed E-state index contributed by atoms with van der Waals surface area (Å²) in [4.78, 5) is 29.8. The molecule has 5 rings (SSSR count). The van der Waals surface area contributed by atoms with Crippen molar-refractivity contribution in [1.29, 1.82) is 0 Å². The smallest absolute Gasteiger partial charge is 0.313 e. The molecule has 0 N–H and O–H groups in total. The maximum atomic E-state index is 13.6. The molecule has 1 heterocycles. The minimum Gasteiger partial charge on any atom is -0.481 e. The van der Waals surface area contributed by atoms with E-state index in [1.54, 1.807) is 6.07 Å². The van der Waals surface area contributed by atoms with Gasteiger partial charge in [-0.2, -0.15) is 9.78 Å². The third-order valence-electron chi connectivity index (χ3n) is 6.76. The number of ether oxygens (including phenoxy) is 1. The molecule has 1 aliphatic rings. The fraction of sp³-hybridized carbons (Fsp3) is 0.250. The molecule has 0 amide bonds. The minimum absolute atomic E-state index is 0.0454. The summed E-state index contributed by atoms with van der Waals surface area (Å²) in [6, 6.07) is 13.8. The quantitative estimate of drug-likeness (QED) is 0.107. The molecule has 0 saturated heterocycles. The monoisotopic (exact) mass is 750 g/mol. The van der Waals surface area contributed by atoms with Gasteiger partial charge in [-0.25, -0.2) is 4.98 Å². The topological polar surface area (TPSA) is 99.6 Å². The van der Waals surface area contributed by atoms with Crippen molar-refractivity contribution in [3.8, 4) is 5.75 Å². The van der Waals surface area contributed by atoms with Gasteiger partial charge in [0.05, 0.1) is 27.1 Å². The standard InChI is InChI=1S/C28H22Br3ClN4O4/c29-19-8-9-24-21(12-19)28(37)35(27(34-24)17-4-2-1-3-5-17)33-14-16-10-23(32)26(25(11-16)36(38)39)40-15-18-6-7-20(30)13-22(18)31/h6-14,17H,1-5,15H2. The highest BCUT2D eigenvalue weighted by molar-refractivity contribution is 9.11. The molecule has 1 fully saturated rings. The molecular formula is C28H22Br3ClN4O4. The van der Waals surface area contributed by atoms with Crippen LogP contribution < -0.4 is 10.3 Å². The van der Waals surface area contributed by atoms with Crippen molar-refractivity contribution in [1.82, 2.24) is 9.66 Å². The van der Waals surface area contributed by atoms with E-state index < -0.39 is 4.92 Å². The Morgan fingerprint density at radius 1 is 1.07 bits per heavy atom. The van der Waals surface area contributed by atoms with E-state index in [0.717, 1.165) is 51.1 Å². The van der Waals surface area contributed by atoms with Crippen molar-refractivity contribution < 1.29 is 9.66 Å². The summed E-state index contributed by atoms with van der Waals surface area (Å²) in [5.74, 6) is 0.644. The van der Waals surface area contributed by atoms with E-state index in [1.165, 1.54) is 23.0 Å². The molecule has 8 nitrogen and oxygen atoms in total. The molecule has 4 aromatic rings. The van der Waals surface area contributed by atoms with Gasteiger partial charge >= 0.3 is 5.69 Å². The van der Waals surface area contributed by atoms with Crippen LogP contribution in [0.5, 0.6) is 5.75 Å². The fourth-order valence-electron chi connectivity index (χ4n) is 4.77. The number of benzene rings is 3. The van der Waals surface area contributed by atoms with E-state index in [2.05, 4.69) is 52.9 Å². The Labute approximate surface area is 259 Å². The van der Waals surface area contributed by atoms with E-state index in [1.807, 2.05) is 30.3 Å². The number of fused-ring (bicyclic) bond motifs is 1. The minimum atomic E-state index is -0.552. The number of rotatable bonds is 7. The maximum absolute atomic E-state index is 13.6. The molecule has 40 heavy (non-hydrogen) atoms. The zero-order valence-electron chi connectivity index (χ0n) is 20.9. The van der Waals surface area contributed by atoms with Gasteiger partial charge in [-0.15, -0.1) is 0 Å². The SMILES string of the molecule is O=c1c2cc(Br)ccc2nc(C2CCCCC2)n1N=Cc1cc(Cl)c(OCc2ccc(Br)cc2Br)c([N+](=O)[O-])c1. The second kappa shape index (κ2) is 12.5. The highest BCUT2D eigenvalue weighted by atomic mass is 79.9. The number of halogens is 4. The van der Waals surface area contributed by atoms with Crippen molar-refractivity contribution in [2.45, 2.75) is 44.6 Å². The van der Waals surface area contributed by atoms with E-state index >= 15 is 0 Å². The van der Waals surface area contributed by atoms with Crippen LogP contribution in [0.2, 0.25) is 5.02 Å². The molecule has 0 bridgehead atoms. The predicted octanol–water partition coefficient (Wildman–Crippen LogP) is 8.75. The Morgan fingerprint density at radius 3 is 2.52 bits per heavy atom. The lowest BCUT2D eigenvalue weighted by Gasteiger charge is -2.22. The summed E-state index contributed by atoms with van der Waals surface area (Å²) in [7, 11) is 0. The van der Waals surface area contributed by atoms with Crippen LogP contribution in [-0.4, -0.2) is 20.8 Å². The van der Waals surface area contributed by atoms with Crippen LogP contribution in [-0.2, 0) is 6.61 Å². The molecule has 0 atom stereocenters. The molecule has 0 aliphatic heterocycles. The zero-order chi connectivity index (χ0) is 28.4. The summed E-state index contributed by atoms with van der Waals surface area (Å²) >= 11 is 16.8. The third-order valence-corrected chi connectivity index (χ3v) is 8.76. The normalized spacial score (nSPS) is 14.2. The molecule has 206 valence electrons. The first-order chi connectivity index (χ1) is 19.2. The van der Waals surface area contributed by atoms with Crippen molar-refractivity contribution in [2.24, 2.45) is 5.10 Å². The lowest BCUT2D eigenvalue weighted by molar-refractivity contribution is -0.385. The molecule has 1 aromatic heterocycles. The van der Waals surface area contributed by atoms with Gasteiger partial charge in [0.25, 0.3) is 5.56 Å². The lowest BCUT2D eigenvalue weighted by Crippen LogP contribution is -2.25. The Balaban J connectivity index is 1.52. The largest absolute Gasteiger partial charge is 0.481 e. The van der Waals surface area contributed by atoms with Crippen LogP contribution in [0.4, 0.5) is 5.69 Å². The fourth-order valence-corrected chi connectivity index (χ4v) is 6.57. The number of nitro benzene ring substituents is 1. The van der Waals surface area contributed by atoms with Crippen LogP contribution in [0.3, 0.4) is 0 Å². The molecule has 0 unspecified atom stereocenters. The van der Waals surface area contributed by atoms with Crippen molar-refractivity contribution in [3.63, 3.8) is 0 Å². The van der Waals surface area contributed by atoms with Gasteiger partial charge in [0, 0.05) is 36.5 Å². The number of hydrogen-bond donors (Lipinski definition) is 0. The predicted molar refractivity (Wildman–Crippen MR) is 167 cm³/mol. The third kappa shape index (κ3) is 6.32. The average molecular weight is 754 g/mol. The Bertz CT molecular complexity index is 1700. The summed E-state index contributed by atoms with van der Waals surface area (Å²) in [5.41, 5.74) is 1.15. The van der Waals surface area contributed by atoms with Gasteiger partial charge in [-0.1, -0.05) is 84.7 Å². The van der Waals surface area contributed by atoms with Gasteiger partial charge in [-0.3, -0.25) is 14.9 Å². The lowest BCUT2D eigenvalue weighted by atomic mass is 9.88. The Morgan fingerprint density at radius 2 is 1.80 bits per heavy atom. The summed E-state index contributed by atoms with van der Waals surface area (Å²) in [6.45, 7) is 0.0698. The van der Waals surface area contributed by atoms with Gasteiger partial charge in [0.15, 0.2) is 0 Å². The van der Waals surface area contributed by atoms with Crippen LogP contribution in [0.1, 0.15) is 55.0 Å². The van der Waals surface area contributed by atoms with Gasteiger partial charge in [0.2, 0.25) is 5.75 Å². The number of hydrogen-bond acceptors (Lipinski definition) is 6. The van der Waals surface area contributed by atoms with Crippen molar-refractivity contribution >= 4 is 82.2 Å². The number of nitrogens with zero attached hydrogens (tertiary/aromatic N) is 4. The first-order valence-electron chi connectivity index (χ1n) is 12.5. The second-order valence-corrected chi connectivity index (χ2v) is 12.6. The molecule has 1 aliphatic carbocycles. The van der Waals surface area contributed by atoms with E-state index in [4.69, 9.17) is 21.3 Å². The summed E-state index contributed by atoms with van der Waals surface area (Å²) in [6.07, 6.45) is 6.50. The van der Waals surface area contributed by atoms with Crippen molar-refractivity contribution in [3.05, 3.63) is 104 Å². The number of aromatic nitrogens is 2. The summed E-state index contributed by atoms with van der Waals surface area (Å²) in [5, 5.41) is 16.9. The highest BCUT2D eigenvalue weighted by Crippen LogP contribution is 2.37. The average Bonchev–Trinajstić information content (AvgIpc) is 2.93. The first-order valence-corrected chi connectivity index (χ1v) is 15.3. The van der Waals surface area contributed by atoms with E-state index in [0.29, 0.717) is 22.3 Å². The van der Waals surface area contributed by atoms with Crippen molar-refractivity contribution in [2.75, 3.05) is 0 Å². The van der Waals surface area contributed by atoms with E-state index in [9.17, 15) is 14.9 Å². The van der Waals surface area contributed by atoms with Gasteiger partial charge in [-0.05, 0) is 49.2 Å². The molecular weight excluding hydrogens is 731 g/mol. The molecule has 0 spiro atoms. The second-order valence-electron chi connectivity index (χ2n) is 9.46. The van der Waals surface area contributed by atoms with Crippen LogP contribution in [0, 0.1) is 10.1 Å². The maximum Gasteiger partial charge on any atom is 0.313 e. The molecule has 1 saturated carbocycles. The van der Waals surface area contributed by atoms with Crippen LogP contribution >= 0.6 is 59.4 Å². The molecule has 3 aromatic carbocycles. The van der Waals surface area contributed by atoms with E-state index in [-0.39, 0.29) is 34.5 Å². The van der Waals surface area contributed by atoms with Crippen LogP contribution in [0.25, 0.3) is 10.9 Å². The van der Waals surface area contributed by atoms with Gasteiger partial charge < -0.3 is 4.74 Å².